The summed E-state index contributed by atoms with van der Waals surface area (Å²) < 4.78 is 0. The van der Waals surface area contributed by atoms with E-state index in [4.69, 9.17) is 0 Å². The summed E-state index contributed by atoms with van der Waals surface area (Å²) in [7, 11) is 1.92. The van der Waals surface area contributed by atoms with E-state index >= 15 is 0 Å². The molecule has 1 N–H and O–H groups in total. The average Bonchev–Trinajstić information content (AvgIpc) is 2.85. The van der Waals surface area contributed by atoms with E-state index in [2.05, 4.69) is 26.3 Å². The number of rotatable bonds is 3. The Morgan fingerprint density at radius 2 is 2.00 bits per heavy atom. The van der Waals surface area contributed by atoms with Crippen LogP contribution < -0.4 is 5.32 Å². The number of aromatic nitrogens is 1. The third kappa shape index (κ3) is 4.49. The van der Waals surface area contributed by atoms with Crippen LogP contribution in [0.1, 0.15) is 56.9 Å². The van der Waals surface area contributed by atoms with Gasteiger partial charge >= 0.3 is 0 Å². The zero-order chi connectivity index (χ0) is 16.7. The maximum Gasteiger partial charge on any atom is 0.193 e. The summed E-state index contributed by atoms with van der Waals surface area (Å²) in [6.07, 6.45) is 16.0. The number of piperidine rings is 1. The highest BCUT2D eigenvalue weighted by Gasteiger charge is 2.36. The van der Waals surface area contributed by atoms with Crippen LogP contribution in [0, 0.1) is 5.41 Å². The van der Waals surface area contributed by atoms with Crippen molar-refractivity contribution in [3.8, 4) is 0 Å². The molecule has 4 nitrogen and oxygen atoms in total. The summed E-state index contributed by atoms with van der Waals surface area (Å²) in [4.78, 5) is 11.3. The summed E-state index contributed by atoms with van der Waals surface area (Å²) in [5.74, 6) is 1.09. The molecular weight excluding hydrogens is 296 g/mol. The second-order valence-corrected chi connectivity index (χ2v) is 7.52. The van der Waals surface area contributed by atoms with E-state index in [1.165, 1.54) is 63.5 Å². The van der Waals surface area contributed by atoms with Gasteiger partial charge in [0, 0.05) is 39.1 Å². The van der Waals surface area contributed by atoms with Gasteiger partial charge in [0.05, 0.1) is 0 Å². The highest BCUT2D eigenvalue weighted by Crippen LogP contribution is 2.42. The Kier molecular flexibility index (Phi) is 6.11. The van der Waals surface area contributed by atoms with E-state index in [-0.39, 0.29) is 0 Å². The van der Waals surface area contributed by atoms with E-state index in [1.54, 1.807) is 0 Å². The molecular formula is C20H32N4. The summed E-state index contributed by atoms with van der Waals surface area (Å²) >= 11 is 0. The molecule has 2 heterocycles. The standard InChI is InChI=1S/C20H32N4/c1-21-19(23-14-9-18-8-6-13-22-16-18)24-15-7-12-20(17-24)10-4-2-3-5-11-20/h6,8,13,16H,2-5,7,9-12,14-15,17H2,1H3,(H,21,23). The number of nitrogens with zero attached hydrogens (tertiary/aromatic N) is 3. The predicted molar refractivity (Wildman–Crippen MR) is 100 cm³/mol. The topological polar surface area (TPSA) is 40.5 Å². The number of aliphatic imine (C=N–C) groups is 1. The molecule has 0 aromatic carbocycles. The van der Waals surface area contributed by atoms with Gasteiger partial charge in [0.1, 0.15) is 0 Å². The Morgan fingerprint density at radius 3 is 2.71 bits per heavy atom. The van der Waals surface area contributed by atoms with E-state index in [0.717, 1.165) is 25.5 Å². The van der Waals surface area contributed by atoms with Crippen molar-refractivity contribution < 1.29 is 0 Å². The first-order chi connectivity index (χ1) is 11.8. The minimum Gasteiger partial charge on any atom is -0.356 e. The second-order valence-electron chi connectivity index (χ2n) is 7.52. The molecule has 24 heavy (non-hydrogen) atoms. The largest absolute Gasteiger partial charge is 0.356 e. The molecule has 132 valence electrons. The van der Waals surface area contributed by atoms with Crippen LogP contribution in [0.25, 0.3) is 0 Å². The molecule has 1 aliphatic heterocycles. The van der Waals surface area contributed by atoms with E-state index in [1.807, 2.05) is 25.5 Å². The Bertz CT molecular complexity index is 518. The Balaban J connectivity index is 1.54. The number of pyridine rings is 1. The maximum absolute atomic E-state index is 4.56. The lowest BCUT2D eigenvalue weighted by atomic mass is 9.74. The van der Waals surface area contributed by atoms with Crippen LogP contribution in [0.5, 0.6) is 0 Å². The van der Waals surface area contributed by atoms with Crippen LogP contribution in [-0.4, -0.2) is 42.5 Å². The molecule has 0 unspecified atom stereocenters. The van der Waals surface area contributed by atoms with Crippen LogP contribution in [-0.2, 0) is 6.42 Å². The number of hydrogen-bond acceptors (Lipinski definition) is 2. The normalized spacial score (nSPS) is 21.5. The predicted octanol–water partition coefficient (Wildman–Crippen LogP) is 3.64. The van der Waals surface area contributed by atoms with Crippen molar-refractivity contribution in [1.82, 2.24) is 15.2 Å². The van der Waals surface area contributed by atoms with Gasteiger partial charge in [-0.15, -0.1) is 0 Å². The maximum atomic E-state index is 4.56. The summed E-state index contributed by atoms with van der Waals surface area (Å²) in [5, 5.41) is 3.57. The highest BCUT2D eigenvalue weighted by molar-refractivity contribution is 5.80. The van der Waals surface area contributed by atoms with Gasteiger partial charge in [0.15, 0.2) is 5.96 Å². The molecule has 2 aliphatic rings. The van der Waals surface area contributed by atoms with Crippen LogP contribution in [0.3, 0.4) is 0 Å². The molecule has 2 fully saturated rings. The van der Waals surface area contributed by atoms with Crippen molar-refractivity contribution in [2.24, 2.45) is 10.4 Å². The minimum atomic E-state index is 0.551. The average molecular weight is 329 g/mol. The fraction of sp³-hybridized carbons (Fsp3) is 0.700. The van der Waals surface area contributed by atoms with Gasteiger partial charge < -0.3 is 10.2 Å². The van der Waals surface area contributed by atoms with Crippen LogP contribution in [0.4, 0.5) is 0 Å². The number of guanidine groups is 1. The van der Waals surface area contributed by atoms with Crippen LogP contribution in [0.15, 0.2) is 29.5 Å². The van der Waals surface area contributed by atoms with Gasteiger partial charge in [-0.05, 0) is 49.1 Å². The third-order valence-corrected chi connectivity index (χ3v) is 5.76. The molecule has 4 heteroatoms. The first kappa shape index (κ1) is 17.2. The van der Waals surface area contributed by atoms with E-state index in [0.29, 0.717) is 5.41 Å². The van der Waals surface area contributed by atoms with Gasteiger partial charge in [-0.2, -0.15) is 0 Å². The van der Waals surface area contributed by atoms with Gasteiger partial charge in [0.25, 0.3) is 0 Å². The molecule has 3 rings (SSSR count). The molecule has 1 aliphatic carbocycles. The molecule has 0 atom stereocenters. The minimum absolute atomic E-state index is 0.551. The van der Waals surface area contributed by atoms with E-state index < -0.39 is 0 Å². The fourth-order valence-corrected chi connectivity index (χ4v) is 4.47. The Morgan fingerprint density at radius 1 is 1.21 bits per heavy atom. The smallest absolute Gasteiger partial charge is 0.193 e. The first-order valence-corrected chi connectivity index (χ1v) is 9.66. The van der Waals surface area contributed by atoms with Crippen molar-refractivity contribution in [3.63, 3.8) is 0 Å². The quantitative estimate of drug-likeness (QED) is 0.680. The number of hydrogen-bond donors (Lipinski definition) is 1. The lowest BCUT2D eigenvalue weighted by molar-refractivity contribution is 0.115. The van der Waals surface area contributed by atoms with Crippen molar-refractivity contribution >= 4 is 5.96 Å². The van der Waals surface area contributed by atoms with Crippen LogP contribution in [0.2, 0.25) is 0 Å². The van der Waals surface area contributed by atoms with Crippen molar-refractivity contribution in [2.75, 3.05) is 26.7 Å². The molecule has 1 saturated heterocycles. The summed E-state index contributed by atoms with van der Waals surface area (Å²) in [6.45, 7) is 3.26. The molecule has 0 radical (unpaired) electrons. The second kappa shape index (κ2) is 8.50. The van der Waals surface area contributed by atoms with Gasteiger partial charge in [-0.3, -0.25) is 9.98 Å². The van der Waals surface area contributed by atoms with Gasteiger partial charge in [-0.25, -0.2) is 0 Å². The number of nitrogens with one attached hydrogen (secondary N) is 1. The van der Waals surface area contributed by atoms with Crippen LogP contribution >= 0.6 is 0 Å². The summed E-state index contributed by atoms with van der Waals surface area (Å²) in [6, 6.07) is 4.14. The number of likely N-dealkylation sites (tertiary alicyclic amines) is 1. The monoisotopic (exact) mass is 328 g/mol. The van der Waals surface area contributed by atoms with Crippen molar-refractivity contribution in [1.29, 1.82) is 0 Å². The first-order valence-electron chi connectivity index (χ1n) is 9.66. The zero-order valence-corrected chi connectivity index (χ0v) is 15.1. The molecule has 1 aromatic heterocycles. The SMILES string of the molecule is CN=C(NCCc1cccnc1)N1CCCC2(CCCCCC2)C1. The van der Waals surface area contributed by atoms with Crippen molar-refractivity contribution in [3.05, 3.63) is 30.1 Å². The Labute approximate surface area is 146 Å². The summed E-state index contributed by atoms with van der Waals surface area (Å²) in [5.41, 5.74) is 1.83. The van der Waals surface area contributed by atoms with E-state index in [9.17, 15) is 0 Å². The zero-order valence-electron chi connectivity index (χ0n) is 15.1. The fourth-order valence-electron chi connectivity index (χ4n) is 4.47. The third-order valence-electron chi connectivity index (χ3n) is 5.76. The lowest BCUT2D eigenvalue weighted by Gasteiger charge is -2.44. The van der Waals surface area contributed by atoms with Gasteiger partial charge in [-0.1, -0.05) is 31.7 Å². The lowest BCUT2D eigenvalue weighted by Crippen LogP contribution is -2.50. The molecule has 1 spiro atoms. The highest BCUT2D eigenvalue weighted by atomic mass is 15.3. The molecule has 0 amide bonds. The molecule has 0 bridgehead atoms. The molecule has 1 saturated carbocycles. The Hall–Kier alpha value is -1.58. The van der Waals surface area contributed by atoms with Gasteiger partial charge in [0.2, 0.25) is 0 Å². The van der Waals surface area contributed by atoms with Crippen molar-refractivity contribution in [2.45, 2.75) is 57.8 Å². The molecule has 1 aromatic rings.